The fraction of sp³-hybridized carbons (Fsp3) is 0.692. The molecule has 2 N–H and O–H groups in total. The summed E-state index contributed by atoms with van der Waals surface area (Å²) in [5.41, 5.74) is 0. The minimum absolute atomic E-state index is 0.00395. The van der Waals surface area contributed by atoms with E-state index >= 15 is 0 Å². The third-order valence-corrected chi connectivity index (χ3v) is 2.36. The van der Waals surface area contributed by atoms with Crippen LogP contribution in [0.3, 0.4) is 0 Å². The first-order chi connectivity index (χ1) is 9.13. The second kappa shape index (κ2) is 11.7. The molecule has 1 amide bonds. The van der Waals surface area contributed by atoms with E-state index in [1.807, 2.05) is 0 Å². The molecule has 0 aromatic heterocycles. The summed E-state index contributed by atoms with van der Waals surface area (Å²) in [6.45, 7) is 7.38. The average molecular weight is 272 g/mol. The van der Waals surface area contributed by atoms with Crippen LogP contribution in [0.2, 0.25) is 0 Å². The molecule has 0 bridgehead atoms. The van der Waals surface area contributed by atoms with E-state index in [9.17, 15) is 9.59 Å². The minimum atomic E-state index is -0.245. The van der Waals surface area contributed by atoms with Crippen molar-refractivity contribution in [1.29, 1.82) is 0 Å². The van der Waals surface area contributed by atoms with Crippen LogP contribution in [0.15, 0.2) is 12.7 Å². The van der Waals surface area contributed by atoms with Crippen LogP contribution >= 0.6 is 0 Å². The van der Waals surface area contributed by atoms with Crippen molar-refractivity contribution in [2.45, 2.75) is 19.8 Å². The number of ether oxygens (including phenoxy) is 1. The fourth-order valence-corrected chi connectivity index (χ4v) is 1.51. The second-order valence-corrected chi connectivity index (χ2v) is 4.01. The summed E-state index contributed by atoms with van der Waals surface area (Å²) in [5, 5.41) is 11.6. The maximum Gasteiger partial charge on any atom is 0.305 e. The summed E-state index contributed by atoms with van der Waals surface area (Å²) in [4.78, 5) is 24.4. The van der Waals surface area contributed by atoms with Crippen molar-refractivity contribution >= 4 is 11.9 Å². The van der Waals surface area contributed by atoms with E-state index in [1.165, 1.54) is 0 Å². The summed E-state index contributed by atoms with van der Waals surface area (Å²) in [7, 11) is 0. The van der Waals surface area contributed by atoms with Crippen molar-refractivity contribution in [2.24, 2.45) is 0 Å². The predicted octanol–water partition coefficient (Wildman–Crippen LogP) is -0.0738. The molecule has 6 heteroatoms. The summed E-state index contributed by atoms with van der Waals surface area (Å²) in [6.07, 6.45) is 2.55. The van der Waals surface area contributed by atoms with Gasteiger partial charge < -0.3 is 15.2 Å². The Morgan fingerprint density at radius 2 is 2.21 bits per heavy atom. The summed E-state index contributed by atoms with van der Waals surface area (Å²) < 4.78 is 4.78. The molecule has 110 valence electrons. The van der Waals surface area contributed by atoms with Crippen LogP contribution in [-0.2, 0) is 14.3 Å². The Bertz CT molecular complexity index is 282. The van der Waals surface area contributed by atoms with E-state index in [0.717, 1.165) is 0 Å². The van der Waals surface area contributed by atoms with Crippen LogP contribution in [0.5, 0.6) is 0 Å². The lowest BCUT2D eigenvalue weighted by atomic mass is 10.3. The van der Waals surface area contributed by atoms with Gasteiger partial charge in [-0.05, 0) is 13.3 Å². The number of nitrogens with zero attached hydrogens (tertiary/aromatic N) is 1. The number of carbonyl (C=O) groups excluding carboxylic acids is 2. The molecule has 0 unspecified atom stereocenters. The Morgan fingerprint density at radius 1 is 1.47 bits per heavy atom. The van der Waals surface area contributed by atoms with Gasteiger partial charge in [0.25, 0.3) is 0 Å². The Balaban J connectivity index is 3.72. The van der Waals surface area contributed by atoms with Gasteiger partial charge in [0.05, 0.1) is 19.8 Å². The molecule has 0 aliphatic rings. The molecule has 19 heavy (non-hydrogen) atoms. The van der Waals surface area contributed by atoms with E-state index < -0.39 is 0 Å². The van der Waals surface area contributed by atoms with Crippen molar-refractivity contribution in [3.8, 4) is 0 Å². The molecule has 0 heterocycles. The van der Waals surface area contributed by atoms with E-state index in [0.29, 0.717) is 39.1 Å². The molecule has 0 aromatic rings. The van der Waals surface area contributed by atoms with Gasteiger partial charge in [-0.1, -0.05) is 6.08 Å². The zero-order valence-electron chi connectivity index (χ0n) is 11.6. The lowest BCUT2D eigenvalue weighted by Gasteiger charge is -2.18. The van der Waals surface area contributed by atoms with Gasteiger partial charge in [0.1, 0.15) is 0 Å². The highest BCUT2D eigenvalue weighted by Gasteiger charge is 2.08. The molecule has 0 radical (unpaired) electrons. The summed E-state index contributed by atoms with van der Waals surface area (Å²) >= 11 is 0. The van der Waals surface area contributed by atoms with Gasteiger partial charge in [0, 0.05) is 26.1 Å². The van der Waals surface area contributed by atoms with E-state index in [2.05, 4.69) is 11.9 Å². The zero-order valence-corrected chi connectivity index (χ0v) is 11.6. The van der Waals surface area contributed by atoms with Gasteiger partial charge in [-0.15, -0.1) is 6.58 Å². The maximum absolute atomic E-state index is 11.6. The van der Waals surface area contributed by atoms with Gasteiger partial charge in [-0.3, -0.25) is 14.5 Å². The third-order valence-electron chi connectivity index (χ3n) is 2.36. The molecule has 0 aliphatic carbocycles. The summed E-state index contributed by atoms with van der Waals surface area (Å²) in [5.74, 6) is -0.371. The molecule has 0 saturated carbocycles. The number of hydrogen-bond donors (Lipinski definition) is 2. The minimum Gasteiger partial charge on any atom is -0.466 e. The van der Waals surface area contributed by atoms with Gasteiger partial charge >= 0.3 is 5.97 Å². The maximum atomic E-state index is 11.6. The van der Waals surface area contributed by atoms with Crippen molar-refractivity contribution in [3.05, 3.63) is 12.7 Å². The Hall–Kier alpha value is -1.40. The molecular formula is C13H24N2O4. The first-order valence-electron chi connectivity index (χ1n) is 6.50. The Kier molecular flexibility index (Phi) is 10.8. The number of amides is 1. The van der Waals surface area contributed by atoms with Gasteiger partial charge in [0.2, 0.25) is 5.91 Å². The first kappa shape index (κ1) is 17.6. The highest BCUT2D eigenvalue weighted by molar-refractivity contribution is 5.78. The molecule has 0 aliphatic heterocycles. The highest BCUT2D eigenvalue weighted by atomic mass is 16.5. The Labute approximate surface area is 114 Å². The molecule has 0 atom stereocenters. The van der Waals surface area contributed by atoms with Crippen LogP contribution in [-0.4, -0.2) is 61.3 Å². The zero-order chi connectivity index (χ0) is 14.5. The van der Waals surface area contributed by atoms with E-state index in [4.69, 9.17) is 9.84 Å². The molecule has 0 aromatic carbocycles. The molecule has 0 saturated heterocycles. The third kappa shape index (κ3) is 10.2. The topological polar surface area (TPSA) is 78.9 Å². The Morgan fingerprint density at radius 3 is 2.79 bits per heavy atom. The second-order valence-electron chi connectivity index (χ2n) is 4.01. The smallest absolute Gasteiger partial charge is 0.305 e. The van der Waals surface area contributed by atoms with Crippen LogP contribution in [0.4, 0.5) is 0 Å². The molecule has 0 fully saturated rings. The number of hydrogen-bond acceptors (Lipinski definition) is 5. The molecule has 0 spiro atoms. The van der Waals surface area contributed by atoms with Crippen molar-refractivity contribution < 1.29 is 19.4 Å². The standard InChI is InChI=1S/C13H24N2O4/c1-3-8-15(9-10-16)11-12(17)14-7-5-6-13(18)19-4-2/h3,16H,1,4-11H2,2H3,(H,14,17). The van der Waals surface area contributed by atoms with E-state index in [1.54, 1.807) is 17.9 Å². The van der Waals surface area contributed by atoms with Crippen LogP contribution in [0.25, 0.3) is 0 Å². The monoisotopic (exact) mass is 272 g/mol. The molecular weight excluding hydrogens is 248 g/mol. The van der Waals surface area contributed by atoms with Crippen molar-refractivity contribution in [2.75, 3.05) is 39.4 Å². The average Bonchev–Trinajstić information content (AvgIpc) is 2.35. The van der Waals surface area contributed by atoms with Crippen LogP contribution < -0.4 is 5.32 Å². The molecule has 0 rings (SSSR count). The van der Waals surface area contributed by atoms with Gasteiger partial charge in [0.15, 0.2) is 0 Å². The lowest BCUT2D eigenvalue weighted by Crippen LogP contribution is -2.39. The van der Waals surface area contributed by atoms with Crippen LogP contribution in [0.1, 0.15) is 19.8 Å². The summed E-state index contributed by atoms with van der Waals surface area (Å²) in [6, 6.07) is 0. The largest absolute Gasteiger partial charge is 0.466 e. The predicted molar refractivity (Wildman–Crippen MR) is 72.6 cm³/mol. The number of nitrogens with one attached hydrogen (secondary N) is 1. The number of aliphatic hydroxyl groups is 1. The fourth-order valence-electron chi connectivity index (χ4n) is 1.51. The molecule has 6 nitrogen and oxygen atoms in total. The van der Waals surface area contributed by atoms with Gasteiger partial charge in [-0.25, -0.2) is 0 Å². The van der Waals surface area contributed by atoms with Crippen LogP contribution in [0, 0.1) is 0 Å². The first-order valence-corrected chi connectivity index (χ1v) is 6.50. The lowest BCUT2D eigenvalue weighted by molar-refractivity contribution is -0.143. The number of carbonyl (C=O) groups is 2. The SMILES string of the molecule is C=CCN(CCO)CC(=O)NCCCC(=O)OCC. The van der Waals surface area contributed by atoms with Gasteiger partial charge in [-0.2, -0.15) is 0 Å². The van der Waals surface area contributed by atoms with E-state index in [-0.39, 0.29) is 25.0 Å². The van der Waals surface area contributed by atoms with Crippen molar-refractivity contribution in [1.82, 2.24) is 10.2 Å². The normalized spacial score (nSPS) is 10.3. The number of rotatable bonds is 11. The quantitative estimate of drug-likeness (QED) is 0.313. The van der Waals surface area contributed by atoms with Crippen molar-refractivity contribution in [3.63, 3.8) is 0 Å². The highest BCUT2D eigenvalue weighted by Crippen LogP contribution is 1.92. The number of aliphatic hydroxyl groups excluding tert-OH is 1. The number of esters is 1.